The molecule has 0 aliphatic rings. The normalized spacial score (nSPS) is 11.5. The average molecular weight is 264 g/mol. The van der Waals surface area contributed by atoms with Crippen LogP contribution in [-0.4, -0.2) is 12.6 Å². The molecule has 1 aromatic carbocycles. The number of carbonyl (C=O) groups excluding carboxylic acids is 1. The maximum Gasteiger partial charge on any atom is 0.334 e. The average Bonchev–Trinajstić information content (AvgIpc) is 2.42. The van der Waals surface area contributed by atoms with Crippen LogP contribution in [0.4, 0.5) is 0 Å². The molecule has 0 aliphatic carbocycles. The number of ether oxygens (including phenoxy) is 1. The van der Waals surface area contributed by atoms with Gasteiger partial charge >= 0.3 is 5.97 Å². The van der Waals surface area contributed by atoms with E-state index in [9.17, 15) is 4.79 Å². The van der Waals surface area contributed by atoms with Gasteiger partial charge in [0.25, 0.3) is 0 Å². The quantitative estimate of drug-likeness (QED) is 0.249. The Hall–Kier alpha value is -1.81. The van der Waals surface area contributed by atoms with E-state index in [-0.39, 0.29) is 0 Å². The summed E-state index contributed by atoms with van der Waals surface area (Å²) in [5, 5.41) is 0. The van der Waals surface area contributed by atoms with Crippen molar-refractivity contribution in [1.82, 2.24) is 0 Å². The highest BCUT2D eigenvalue weighted by molar-refractivity contribution is 5.81. The van der Waals surface area contributed by atoms with E-state index in [1.54, 1.807) is 0 Å². The molecule has 4 heteroatoms. The Morgan fingerprint density at radius 1 is 1.26 bits per heavy atom. The third kappa shape index (κ3) is 5.57. The van der Waals surface area contributed by atoms with Gasteiger partial charge in [-0.1, -0.05) is 37.3 Å². The van der Waals surface area contributed by atoms with Crippen molar-refractivity contribution in [2.75, 3.05) is 6.61 Å². The topological polar surface area (TPSA) is 44.8 Å². The first-order valence-corrected chi connectivity index (χ1v) is 6.29. The molecule has 19 heavy (non-hydrogen) atoms. The minimum absolute atomic E-state index is 0.402. The van der Waals surface area contributed by atoms with Crippen molar-refractivity contribution in [3.05, 3.63) is 48.2 Å². The molecule has 0 saturated carbocycles. The Bertz CT molecular complexity index is 409. The summed E-state index contributed by atoms with van der Waals surface area (Å²) in [6, 6.07) is 9.69. The van der Waals surface area contributed by atoms with Crippen molar-refractivity contribution < 1.29 is 19.3 Å². The minimum atomic E-state index is -0.598. The molecule has 0 amide bonds. The van der Waals surface area contributed by atoms with Gasteiger partial charge in [0.05, 0.1) is 12.7 Å². The lowest BCUT2D eigenvalue weighted by molar-refractivity contribution is -0.321. The monoisotopic (exact) mass is 264 g/mol. The Kier molecular flexibility index (Phi) is 6.09. The van der Waals surface area contributed by atoms with Crippen LogP contribution in [0.1, 0.15) is 32.8 Å². The SMILES string of the molecule is CCCOC(=O)C=COOC(C)(C)c1ccccc1. The first-order chi connectivity index (χ1) is 9.06. The van der Waals surface area contributed by atoms with Gasteiger partial charge in [0.2, 0.25) is 0 Å². The van der Waals surface area contributed by atoms with E-state index in [2.05, 4.69) is 0 Å². The lowest BCUT2D eigenvalue weighted by Crippen LogP contribution is -2.20. The molecular weight excluding hydrogens is 244 g/mol. The van der Waals surface area contributed by atoms with Crippen molar-refractivity contribution >= 4 is 5.97 Å². The second kappa shape index (κ2) is 7.59. The van der Waals surface area contributed by atoms with Crippen LogP contribution in [0.5, 0.6) is 0 Å². The number of carbonyl (C=O) groups is 1. The molecule has 0 N–H and O–H groups in total. The first kappa shape index (κ1) is 15.2. The summed E-state index contributed by atoms with van der Waals surface area (Å²) in [6.07, 6.45) is 3.16. The lowest BCUT2D eigenvalue weighted by Gasteiger charge is -2.22. The summed E-state index contributed by atoms with van der Waals surface area (Å²) in [7, 11) is 0. The van der Waals surface area contributed by atoms with Crippen molar-refractivity contribution in [3.8, 4) is 0 Å². The first-order valence-electron chi connectivity index (χ1n) is 6.29. The second-order valence-electron chi connectivity index (χ2n) is 4.53. The van der Waals surface area contributed by atoms with Gasteiger partial charge in [0.15, 0.2) is 0 Å². The van der Waals surface area contributed by atoms with E-state index >= 15 is 0 Å². The molecular formula is C15H20O4. The fourth-order valence-electron chi connectivity index (χ4n) is 1.37. The predicted octanol–water partition coefficient (Wildman–Crippen LogP) is 3.34. The molecule has 0 aliphatic heterocycles. The van der Waals surface area contributed by atoms with E-state index in [0.717, 1.165) is 12.0 Å². The standard InChI is InChI=1S/C15H20O4/c1-4-11-17-14(16)10-12-18-19-15(2,3)13-8-6-5-7-9-13/h5-10,12H,4,11H2,1-3H3. The predicted molar refractivity (Wildman–Crippen MR) is 72.0 cm³/mol. The van der Waals surface area contributed by atoms with Gasteiger partial charge in [-0.2, -0.15) is 4.89 Å². The van der Waals surface area contributed by atoms with Gasteiger partial charge in [0, 0.05) is 0 Å². The third-order valence-corrected chi connectivity index (χ3v) is 2.43. The van der Waals surface area contributed by atoms with Crippen molar-refractivity contribution in [2.45, 2.75) is 32.8 Å². The van der Waals surface area contributed by atoms with Crippen LogP contribution in [0, 0.1) is 0 Å². The molecule has 0 heterocycles. The molecule has 0 spiro atoms. The number of hydrogen-bond acceptors (Lipinski definition) is 4. The van der Waals surface area contributed by atoms with Gasteiger partial charge in [-0.25, -0.2) is 4.79 Å². The van der Waals surface area contributed by atoms with Crippen LogP contribution in [0.15, 0.2) is 42.7 Å². The maximum absolute atomic E-state index is 11.2. The van der Waals surface area contributed by atoms with Crippen molar-refractivity contribution in [1.29, 1.82) is 0 Å². The number of hydrogen-bond donors (Lipinski definition) is 0. The molecule has 1 aromatic rings. The van der Waals surface area contributed by atoms with Crippen LogP contribution >= 0.6 is 0 Å². The molecule has 104 valence electrons. The number of rotatable bonds is 7. The third-order valence-electron chi connectivity index (χ3n) is 2.43. The second-order valence-corrected chi connectivity index (χ2v) is 4.53. The van der Waals surface area contributed by atoms with E-state index in [1.807, 2.05) is 51.1 Å². The molecule has 0 saturated heterocycles. The molecule has 0 unspecified atom stereocenters. The minimum Gasteiger partial charge on any atom is -0.462 e. The zero-order valence-corrected chi connectivity index (χ0v) is 11.6. The fraction of sp³-hybridized carbons (Fsp3) is 0.400. The maximum atomic E-state index is 11.2. The summed E-state index contributed by atoms with van der Waals surface area (Å²) >= 11 is 0. The highest BCUT2D eigenvalue weighted by atomic mass is 17.2. The zero-order valence-electron chi connectivity index (χ0n) is 11.6. The number of benzene rings is 1. The molecule has 1 rings (SSSR count). The van der Waals surface area contributed by atoms with E-state index < -0.39 is 11.6 Å². The van der Waals surface area contributed by atoms with E-state index in [4.69, 9.17) is 14.5 Å². The fourth-order valence-corrected chi connectivity index (χ4v) is 1.37. The van der Waals surface area contributed by atoms with Crippen LogP contribution < -0.4 is 0 Å². The van der Waals surface area contributed by atoms with E-state index in [1.165, 1.54) is 12.3 Å². The van der Waals surface area contributed by atoms with Crippen molar-refractivity contribution in [2.24, 2.45) is 0 Å². The smallest absolute Gasteiger partial charge is 0.334 e. The zero-order chi connectivity index (χ0) is 14.1. The Morgan fingerprint density at radius 2 is 1.95 bits per heavy atom. The van der Waals surface area contributed by atoms with Crippen LogP contribution in [0.3, 0.4) is 0 Å². The van der Waals surface area contributed by atoms with Gasteiger partial charge in [0.1, 0.15) is 11.9 Å². The van der Waals surface area contributed by atoms with Gasteiger partial charge in [-0.05, 0) is 25.8 Å². The molecule has 4 nitrogen and oxygen atoms in total. The molecule has 0 aromatic heterocycles. The van der Waals surface area contributed by atoms with Gasteiger partial charge in [-0.15, -0.1) is 0 Å². The summed E-state index contributed by atoms with van der Waals surface area (Å²) in [4.78, 5) is 21.3. The molecule has 0 bridgehead atoms. The summed E-state index contributed by atoms with van der Waals surface area (Å²) in [5.41, 5.74) is 0.385. The molecule has 0 atom stereocenters. The summed E-state index contributed by atoms with van der Waals surface area (Å²) in [5.74, 6) is -0.442. The number of esters is 1. The summed E-state index contributed by atoms with van der Waals surface area (Å²) in [6.45, 7) is 6.09. The van der Waals surface area contributed by atoms with Crippen LogP contribution in [-0.2, 0) is 24.9 Å². The Labute approximate surface area is 113 Å². The van der Waals surface area contributed by atoms with E-state index in [0.29, 0.717) is 6.61 Å². The van der Waals surface area contributed by atoms with Gasteiger partial charge in [-0.3, -0.25) is 0 Å². The molecule has 0 radical (unpaired) electrons. The highest BCUT2D eigenvalue weighted by Gasteiger charge is 2.22. The Balaban J connectivity index is 2.40. The van der Waals surface area contributed by atoms with Crippen LogP contribution in [0.25, 0.3) is 0 Å². The summed E-state index contributed by atoms with van der Waals surface area (Å²) < 4.78 is 4.85. The highest BCUT2D eigenvalue weighted by Crippen LogP contribution is 2.24. The van der Waals surface area contributed by atoms with Crippen LogP contribution in [0.2, 0.25) is 0 Å². The lowest BCUT2D eigenvalue weighted by atomic mass is 9.99. The van der Waals surface area contributed by atoms with Crippen molar-refractivity contribution in [3.63, 3.8) is 0 Å². The Morgan fingerprint density at radius 3 is 2.58 bits per heavy atom. The largest absolute Gasteiger partial charge is 0.462 e. The van der Waals surface area contributed by atoms with Gasteiger partial charge < -0.3 is 9.62 Å². The molecule has 0 fully saturated rings.